The smallest absolute Gasteiger partial charge is 0.456 e. The van der Waals surface area contributed by atoms with Crippen molar-refractivity contribution in [3.8, 4) is 16.8 Å². The molecule has 8 rings (SSSR count). The van der Waals surface area contributed by atoms with Crippen LogP contribution in [-0.4, -0.2) is 21.7 Å². The van der Waals surface area contributed by atoms with Crippen molar-refractivity contribution in [1.29, 1.82) is 0 Å². The normalized spacial score (nSPS) is 11.8. The lowest BCUT2D eigenvalue weighted by Crippen LogP contribution is -2.30. The number of furan rings is 1. The number of para-hydroxylation sites is 1. The van der Waals surface area contributed by atoms with E-state index < -0.39 is 7.12 Å². The molecular weight excluding hydrogens is 481 g/mol. The molecule has 0 aliphatic carbocycles. The number of hydrogen-bond acceptors (Lipinski definition) is 3. The van der Waals surface area contributed by atoms with Crippen molar-refractivity contribution in [3.63, 3.8) is 0 Å². The van der Waals surface area contributed by atoms with E-state index in [9.17, 15) is 10.0 Å². The van der Waals surface area contributed by atoms with E-state index in [1.165, 1.54) is 5.39 Å². The lowest BCUT2D eigenvalue weighted by Gasteiger charge is -2.12. The topological polar surface area (TPSA) is 58.5 Å². The van der Waals surface area contributed by atoms with Crippen LogP contribution in [0.2, 0.25) is 0 Å². The van der Waals surface area contributed by atoms with Crippen molar-refractivity contribution in [2.45, 2.75) is 0 Å². The fraction of sp³-hybridized carbons (Fsp3) is 0. The number of hydrogen-bond donors (Lipinski definition) is 2. The minimum absolute atomic E-state index is 0.348. The average molecular weight is 503 g/mol. The maximum atomic E-state index is 10.2. The van der Waals surface area contributed by atoms with Crippen LogP contribution >= 0.6 is 0 Å². The summed E-state index contributed by atoms with van der Waals surface area (Å²) in [5.41, 5.74) is 6.91. The second-order valence-electron chi connectivity index (χ2n) is 10.00. The van der Waals surface area contributed by atoms with E-state index >= 15 is 0 Å². The van der Waals surface area contributed by atoms with Crippen LogP contribution in [0.4, 0.5) is 0 Å². The molecule has 2 N–H and O–H groups in total. The number of fused-ring (bicyclic) bond motifs is 7. The van der Waals surface area contributed by atoms with Gasteiger partial charge in [-0.2, -0.15) is 0 Å². The number of nitrogens with zero attached hydrogens (tertiary/aromatic N) is 1. The molecule has 2 aromatic heterocycles. The third kappa shape index (κ3) is 3.28. The van der Waals surface area contributed by atoms with Gasteiger partial charge in [-0.1, -0.05) is 91.0 Å². The molecule has 0 saturated carbocycles. The van der Waals surface area contributed by atoms with E-state index in [1.807, 2.05) is 36.4 Å². The standard InChI is InChI=1S/C34H22BNO3/c37-35(38)28-16-17-29(33-26-12-6-7-13-32(26)39-34(28)33)36-30-20-24(21-8-2-1-3-9-21)14-15-25(30)27-18-22-10-4-5-11-23(22)19-31(27)36/h1-20,37-38H. The van der Waals surface area contributed by atoms with Gasteiger partial charge in [0.1, 0.15) is 11.2 Å². The highest BCUT2D eigenvalue weighted by Gasteiger charge is 2.24. The Bertz CT molecular complexity index is 2210. The number of benzene rings is 6. The lowest BCUT2D eigenvalue weighted by atomic mass is 9.79. The predicted octanol–water partition coefficient (Wildman–Crippen LogP) is 7.18. The Hall–Kier alpha value is -4.84. The van der Waals surface area contributed by atoms with E-state index in [0.29, 0.717) is 16.6 Å². The van der Waals surface area contributed by atoms with Crippen LogP contribution in [0.3, 0.4) is 0 Å². The molecule has 184 valence electrons. The highest BCUT2D eigenvalue weighted by atomic mass is 16.4. The molecule has 0 aliphatic heterocycles. The first kappa shape index (κ1) is 22.2. The molecule has 39 heavy (non-hydrogen) atoms. The Kier molecular flexibility index (Phi) is 4.74. The molecule has 0 unspecified atom stereocenters. The van der Waals surface area contributed by atoms with Crippen molar-refractivity contribution >= 4 is 67.1 Å². The summed E-state index contributed by atoms with van der Waals surface area (Å²) in [6.07, 6.45) is 0. The van der Waals surface area contributed by atoms with E-state index in [-0.39, 0.29) is 0 Å². The van der Waals surface area contributed by atoms with Gasteiger partial charge in [-0.25, -0.2) is 0 Å². The summed E-state index contributed by atoms with van der Waals surface area (Å²) in [6.45, 7) is 0. The van der Waals surface area contributed by atoms with Gasteiger partial charge in [0.25, 0.3) is 0 Å². The first-order chi connectivity index (χ1) is 19.2. The molecule has 5 heteroatoms. The lowest BCUT2D eigenvalue weighted by molar-refractivity contribution is 0.425. The monoisotopic (exact) mass is 503 g/mol. The number of rotatable bonds is 3. The third-order valence-corrected chi connectivity index (χ3v) is 7.79. The van der Waals surface area contributed by atoms with Crippen molar-refractivity contribution < 1.29 is 14.5 Å². The van der Waals surface area contributed by atoms with E-state index in [1.54, 1.807) is 6.07 Å². The van der Waals surface area contributed by atoms with Gasteiger partial charge in [0.15, 0.2) is 0 Å². The molecule has 0 amide bonds. The van der Waals surface area contributed by atoms with Gasteiger partial charge in [0.05, 0.1) is 22.1 Å². The summed E-state index contributed by atoms with van der Waals surface area (Å²) < 4.78 is 8.53. The van der Waals surface area contributed by atoms with E-state index in [0.717, 1.165) is 54.8 Å². The van der Waals surface area contributed by atoms with Gasteiger partial charge in [-0.15, -0.1) is 0 Å². The van der Waals surface area contributed by atoms with Gasteiger partial charge in [0.2, 0.25) is 0 Å². The molecule has 8 aromatic rings. The van der Waals surface area contributed by atoms with Gasteiger partial charge in [-0.3, -0.25) is 0 Å². The molecular formula is C34H22BNO3. The van der Waals surface area contributed by atoms with Crippen molar-refractivity contribution in [1.82, 2.24) is 4.57 Å². The Labute approximate surface area is 224 Å². The zero-order valence-corrected chi connectivity index (χ0v) is 20.9. The van der Waals surface area contributed by atoms with Gasteiger partial charge < -0.3 is 19.0 Å². The zero-order chi connectivity index (χ0) is 26.1. The fourth-order valence-corrected chi connectivity index (χ4v) is 5.99. The van der Waals surface area contributed by atoms with Crippen LogP contribution in [-0.2, 0) is 0 Å². The highest BCUT2D eigenvalue weighted by Crippen LogP contribution is 2.40. The minimum atomic E-state index is -1.64. The largest absolute Gasteiger partial charge is 0.492 e. The molecule has 0 aliphatic rings. The summed E-state index contributed by atoms with van der Waals surface area (Å²) in [5.74, 6) is 0. The molecule has 4 nitrogen and oxygen atoms in total. The quantitative estimate of drug-likeness (QED) is 0.251. The maximum Gasteiger partial charge on any atom is 0.492 e. The van der Waals surface area contributed by atoms with Crippen LogP contribution in [0.25, 0.3) is 71.3 Å². The summed E-state index contributed by atoms with van der Waals surface area (Å²) >= 11 is 0. The van der Waals surface area contributed by atoms with Gasteiger partial charge in [0, 0.05) is 21.6 Å². The molecule has 0 fully saturated rings. The fourth-order valence-electron chi connectivity index (χ4n) is 5.99. The molecule has 0 atom stereocenters. The second-order valence-corrected chi connectivity index (χ2v) is 10.00. The van der Waals surface area contributed by atoms with E-state index in [4.69, 9.17) is 4.42 Å². The predicted molar refractivity (Wildman–Crippen MR) is 161 cm³/mol. The Balaban J connectivity index is 1.57. The molecule has 6 aromatic carbocycles. The first-order valence-corrected chi connectivity index (χ1v) is 13.0. The van der Waals surface area contributed by atoms with Crippen LogP contribution in [0.15, 0.2) is 126 Å². The summed E-state index contributed by atoms with van der Waals surface area (Å²) in [7, 11) is -1.64. The second kappa shape index (κ2) is 8.33. The van der Waals surface area contributed by atoms with Gasteiger partial charge >= 0.3 is 7.12 Å². The van der Waals surface area contributed by atoms with Crippen LogP contribution in [0, 0.1) is 0 Å². The van der Waals surface area contributed by atoms with Crippen molar-refractivity contribution in [3.05, 3.63) is 121 Å². The first-order valence-electron chi connectivity index (χ1n) is 13.0. The summed E-state index contributed by atoms with van der Waals surface area (Å²) in [4.78, 5) is 0. The third-order valence-electron chi connectivity index (χ3n) is 7.79. The maximum absolute atomic E-state index is 10.2. The molecule has 0 bridgehead atoms. The van der Waals surface area contributed by atoms with Crippen molar-refractivity contribution in [2.24, 2.45) is 0 Å². The van der Waals surface area contributed by atoms with E-state index in [2.05, 4.69) is 83.4 Å². The van der Waals surface area contributed by atoms with Gasteiger partial charge in [-0.05, 0) is 52.2 Å². The molecule has 2 heterocycles. The summed E-state index contributed by atoms with van der Waals surface area (Å²) in [5, 5.41) is 26.8. The van der Waals surface area contributed by atoms with Crippen LogP contribution in [0.1, 0.15) is 0 Å². The molecule has 0 radical (unpaired) electrons. The Morgan fingerprint density at radius 2 is 1.28 bits per heavy atom. The average Bonchev–Trinajstić information content (AvgIpc) is 3.51. The molecule has 0 spiro atoms. The Morgan fingerprint density at radius 1 is 0.564 bits per heavy atom. The van der Waals surface area contributed by atoms with Crippen LogP contribution in [0.5, 0.6) is 0 Å². The molecule has 0 saturated heterocycles. The SMILES string of the molecule is OB(O)c1ccc(-n2c3cc(-c4ccccc4)ccc3c3cc4ccccc4cc32)c2c1oc1ccccc12. The minimum Gasteiger partial charge on any atom is -0.456 e. The zero-order valence-electron chi connectivity index (χ0n) is 20.9. The number of aromatic nitrogens is 1. The Morgan fingerprint density at radius 3 is 2.10 bits per heavy atom. The highest BCUT2D eigenvalue weighted by molar-refractivity contribution is 6.62. The van der Waals surface area contributed by atoms with Crippen LogP contribution < -0.4 is 5.46 Å². The summed E-state index contributed by atoms with van der Waals surface area (Å²) in [6, 6.07) is 41.6. The van der Waals surface area contributed by atoms with Crippen molar-refractivity contribution in [2.75, 3.05) is 0 Å².